The van der Waals surface area contributed by atoms with Crippen LogP contribution in [0.15, 0.2) is 30.6 Å². The number of aromatic nitrogens is 3. The van der Waals surface area contributed by atoms with Gasteiger partial charge in [0, 0.05) is 23.7 Å². The average Bonchev–Trinajstić information content (AvgIpc) is 2.29. The molecule has 72 valence electrons. The van der Waals surface area contributed by atoms with Gasteiger partial charge in [0.2, 0.25) is 5.82 Å². The molecule has 0 spiro atoms. The summed E-state index contributed by atoms with van der Waals surface area (Å²) in [6, 6.07) is 7.50. The minimum Gasteiger partial charge on any atom is -0.264 e. The summed E-state index contributed by atoms with van der Waals surface area (Å²) in [5.74, 6) is 0.189. The topological polar surface area (TPSA) is 62.5 Å². The average molecular weight is 196 g/mol. The van der Waals surface area contributed by atoms with Gasteiger partial charge in [0.05, 0.1) is 5.69 Å². The molecule has 0 aliphatic heterocycles. The number of hydrogen-bond donors (Lipinski definition) is 0. The fraction of sp³-hybridized carbons (Fsp3) is 0.0909. The van der Waals surface area contributed by atoms with Crippen LogP contribution >= 0.6 is 0 Å². The van der Waals surface area contributed by atoms with E-state index < -0.39 is 0 Å². The van der Waals surface area contributed by atoms with Gasteiger partial charge in [-0.05, 0) is 25.1 Å². The lowest BCUT2D eigenvalue weighted by atomic mass is 10.2. The lowest BCUT2D eigenvalue weighted by Gasteiger charge is -2.01. The number of aryl methyl sites for hydroxylation is 1. The molecule has 0 saturated heterocycles. The monoisotopic (exact) mass is 196 g/mol. The maximum atomic E-state index is 8.74. The quantitative estimate of drug-likeness (QED) is 0.696. The third-order valence-corrected chi connectivity index (χ3v) is 1.91. The van der Waals surface area contributed by atoms with Crippen molar-refractivity contribution in [1.82, 2.24) is 15.0 Å². The second kappa shape index (κ2) is 3.84. The fourth-order valence-electron chi connectivity index (χ4n) is 1.28. The molecule has 0 aromatic carbocycles. The standard InChI is InChI=1S/C11H8N4/c1-8-5-10(15-11(6-12)14-8)9-3-2-4-13-7-9/h2-5,7H,1H3. The highest BCUT2D eigenvalue weighted by Crippen LogP contribution is 2.15. The van der Waals surface area contributed by atoms with E-state index in [-0.39, 0.29) is 5.82 Å². The normalized spacial score (nSPS) is 9.60. The fourth-order valence-corrected chi connectivity index (χ4v) is 1.28. The number of pyridine rings is 1. The van der Waals surface area contributed by atoms with Gasteiger partial charge < -0.3 is 0 Å². The zero-order valence-electron chi connectivity index (χ0n) is 8.18. The molecule has 0 amide bonds. The van der Waals surface area contributed by atoms with Gasteiger partial charge >= 0.3 is 0 Å². The molecule has 0 aliphatic rings. The smallest absolute Gasteiger partial charge is 0.232 e. The number of hydrogen-bond acceptors (Lipinski definition) is 4. The van der Waals surface area contributed by atoms with Gasteiger partial charge in [-0.2, -0.15) is 5.26 Å². The van der Waals surface area contributed by atoms with Crippen LogP contribution in [0.25, 0.3) is 11.3 Å². The molecule has 4 heteroatoms. The molecule has 4 nitrogen and oxygen atoms in total. The molecule has 0 fully saturated rings. The van der Waals surface area contributed by atoms with Crippen molar-refractivity contribution in [3.63, 3.8) is 0 Å². The van der Waals surface area contributed by atoms with Crippen molar-refractivity contribution in [2.45, 2.75) is 6.92 Å². The lowest BCUT2D eigenvalue weighted by molar-refractivity contribution is 1.06. The third-order valence-electron chi connectivity index (χ3n) is 1.91. The summed E-state index contributed by atoms with van der Waals surface area (Å²) in [5, 5.41) is 8.74. The summed E-state index contributed by atoms with van der Waals surface area (Å²) in [6.07, 6.45) is 3.41. The van der Waals surface area contributed by atoms with Crippen LogP contribution in [0, 0.1) is 18.3 Å². The van der Waals surface area contributed by atoms with Gasteiger partial charge in [0.15, 0.2) is 0 Å². The van der Waals surface area contributed by atoms with Crippen LogP contribution in [-0.2, 0) is 0 Å². The molecule has 0 aliphatic carbocycles. The molecular weight excluding hydrogens is 188 g/mol. The molecule has 0 N–H and O–H groups in total. The second-order valence-electron chi connectivity index (χ2n) is 3.07. The van der Waals surface area contributed by atoms with Gasteiger partial charge in [-0.1, -0.05) is 0 Å². The Morgan fingerprint density at radius 1 is 1.33 bits per heavy atom. The van der Waals surface area contributed by atoms with Crippen molar-refractivity contribution >= 4 is 0 Å². The van der Waals surface area contributed by atoms with Crippen LogP contribution < -0.4 is 0 Å². The van der Waals surface area contributed by atoms with Crippen LogP contribution in [0.3, 0.4) is 0 Å². The summed E-state index contributed by atoms with van der Waals surface area (Å²) in [6.45, 7) is 1.84. The van der Waals surface area contributed by atoms with Crippen LogP contribution in [0.1, 0.15) is 11.5 Å². The Hall–Kier alpha value is -2.28. The Morgan fingerprint density at radius 3 is 2.87 bits per heavy atom. The number of nitrogens with zero attached hydrogens (tertiary/aromatic N) is 4. The molecule has 15 heavy (non-hydrogen) atoms. The molecule has 0 atom stereocenters. The highest BCUT2D eigenvalue weighted by molar-refractivity contribution is 5.58. The van der Waals surface area contributed by atoms with Crippen molar-refractivity contribution in [1.29, 1.82) is 5.26 Å². The lowest BCUT2D eigenvalue weighted by Crippen LogP contribution is -1.94. The van der Waals surface area contributed by atoms with E-state index in [0.717, 1.165) is 17.0 Å². The highest BCUT2D eigenvalue weighted by Gasteiger charge is 2.03. The predicted octanol–water partition coefficient (Wildman–Crippen LogP) is 1.72. The minimum absolute atomic E-state index is 0.189. The van der Waals surface area contributed by atoms with Crippen LogP contribution in [0.4, 0.5) is 0 Å². The van der Waals surface area contributed by atoms with E-state index in [9.17, 15) is 0 Å². The van der Waals surface area contributed by atoms with E-state index >= 15 is 0 Å². The van der Waals surface area contributed by atoms with Gasteiger partial charge in [-0.25, -0.2) is 9.97 Å². The van der Waals surface area contributed by atoms with Gasteiger partial charge in [-0.15, -0.1) is 0 Å². The van der Waals surface area contributed by atoms with Crippen molar-refractivity contribution in [2.24, 2.45) is 0 Å². The first-order valence-corrected chi connectivity index (χ1v) is 4.46. The molecule has 2 heterocycles. The SMILES string of the molecule is Cc1cc(-c2cccnc2)nc(C#N)n1. The number of rotatable bonds is 1. The second-order valence-corrected chi connectivity index (χ2v) is 3.07. The van der Waals surface area contributed by atoms with E-state index in [1.807, 2.05) is 31.2 Å². The molecule has 0 radical (unpaired) electrons. The molecule has 0 saturated carbocycles. The highest BCUT2D eigenvalue weighted by atomic mass is 14.9. The Kier molecular flexibility index (Phi) is 2.38. The van der Waals surface area contributed by atoms with E-state index in [2.05, 4.69) is 15.0 Å². The van der Waals surface area contributed by atoms with E-state index in [0.29, 0.717) is 0 Å². The first-order chi connectivity index (χ1) is 7.29. The van der Waals surface area contributed by atoms with E-state index in [1.54, 1.807) is 12.4 Å². The summed E-state index contributed by atoms with van der Waals surface area (Å²) in [5.41, 5.74) is 2.40. The van der Waals surface area contributed by atoms with Gasteiger partial charge in [-0.3, -0.25) is 4.98 Å². The maximum absolute atomic E-state index is 8.74. The van der Waals surface area contributed by atoms with E-state index in [1.165, 1.54) is 0 Å². The van der Waals surface area contributed by atoms with E-state index in [4.69, 9.17) is 5.26 Å². The summed E-state index contributed by atoms with van der Waals surface area (Å²) < 4.78 is 0. The van der Waals surface area contributed by atoms with Gasteiger partial charge in [0.1, 0.15) is 6.07 Å². The molecule has 2 aromatic heterocycles. The Morgan fingerprint density at radius 2 is 2.20 bits per heavy atom. The van der Waals surface area contributed by atoms with Crippen LogP contribution in [0.5, 0.6) is 0 Å². The van der Waals surface area contributed by atoms with Crippen molar-refractivity contribution in [2.75, 3.05) is 0 Å². The Labute approximate surface area is 87.3 Å². The van der Waals surface area contributed by atoms with Crippen molar-refractivity contribution in [3.05, 3.63) is 42.1 Å². The Bertz CT molecular complexity index is 514. The molecule has 2 rings (SSSR count). The Balaban J connectivity index is 2.55. The first-order valence-electron chi connectivity index (χ1n) is 4.46. The zero-order chi connectivity index (χ0) is 10.7. The van der Waals surface area contributed by atoms with Crippen LogP contribution in [-0.4, -0.2) is 15.0 Å². The summed E-state index contributed by atoms with van der Waals surface area (Å²) in [7, 11) is 0. The summed E-state index contributed by atoms with van der Waals surface area (Å²) >= 11 is 0. The zero-order valence-corrected chi connectivity index (χ0v) is 8.18. The predicted molar refractivity (Wildman–Crippen MR) is 54.7 cm³/mol. The molecule has 2 aromatic rings. The number of nitriles is 1. The summed E-state index contributed by atoms with van der Waals surface area (Å²) in [4.78, 5) is 12.1. The van der Waals surface area contributed by atoms with Crippen LogP contribution in [0.2, 0.25) is 0 Å². The maximum Gasteiger partial charge on any atom is 0.232 e. The third kappa shape index (κ3) is 1.97. The minimum atomic E-state index is 0.189. The van der Waals surface area contributed by atoms with Crippen molar-refractivity contribution in [3.8, 4) is 17.3 Å². The van der Waals surface area contributed by atoms with Crippen molar-refractivity contribution < 1.29 is 0 Å². The van der Waals surface area contributed by atoms with Gasteiger partial charge in [0.25, 0.3) is 0 Å². The largest absolute Gasteiger partial charge is 0.264 e. The first kappa shape index (κ1) is 9.28. The molecule has 0 unspecified atom stereocenters. The molecule has 0 bridgehead atoms. The molecular formula is C11H8N4.